The van der Waals surface area contributed by atoms with Gasteiger partial charge in [-0.15, -0.1) is 0 Å². The molecule has 0 radical (unpaired) electrons. The van der Waals surface area contributed by atoms with Gasteiger partial charge in [0.2, 0.25) is 0 Å². The Morgan fingerprint density at radius 2 is 2.10 bits per heavy atom. The van der Waals surface area contributed by atoms with Crippen LogP contribution in [0.2, 0.25) is 0 Å². The summed E-state index contributed by atoms with van der Waals surface area (Å²) in [5, 5.41) is 8.36. The van der Waals surface area contributed by atoms with Crippen molar-refractivity contribution in [3.8, 4) is 0 Å². The highest BCUT2D eigenvalue weighted by Gasteiger charge is 2.26. The van der Waals surface area contributed by atoms with E-state index < -0.39 is 0 Å². The van der Waals surface area contributed by atoms with Crippen molar-refractivity contribution >= 4 is 0 Å². The zero-order valence-electron chi connectivity index (χ0n) is 14.3. The average Bonchev–Trinajstić information content (AvgIpc) is 2.75. The Bertz CT molecular complexity index is 453. The largest absolute Gasteiger partial charge is 0.381 e. The van der Waals surface area contributed by atoms with Gasteiger partial charge >= 0.3 is 0 Å². The molecular weight excluding hydrogens is 262 g/mol. The minimum absolute atomic E-state index is 0.398. The summed E-state index contributed by atoms with van der Waals surface area (Å²) in [5.41, 5.74) is 3.86. The molecule has 1 aromatic heterocycles. The van der Waals surface area contributed by atoms with Gasteiger partial charge in [0.1, 0.15) is 0 Å². The van der Waals surface area contributed by atoms with Crippen LogP contribution < -0.4 is 5.32 Å². The minimum atomic E-state index is 0.398. The normalized spacial score (nSPS) is 23.0. The van der Waals surface area contributed by atoms with Crippen LogP contribution in [0.5, 0.6) is 0 Å². The first kappa shape index (κ1) is 16.5. The predicted molar refractivity (Wildman–Crippen MR) is 86.5 cm³/mol. The molecule has 4 nitrogen and oxygen atoms in total. The summed E-state index contributed by atoms with van der Waals surface area (Å²) >= 11 is 0. The number of aryl methyl sites for hydroxylation is 1. The standard InChI is InChI=1S/C17H31N3O/c1-12(2)10-18-11-17-13(3)19-20(14(17)4)15-7-6-8-16(9-15)21-5/h12,15-16,18H,6-11H2,1-5H3. The molecule has 2 unspecified atom stereocenters. The van der Waals surface area contributed by atoms with E-state index in [0.717, 1.165) is 19.5 Å². The fourth-order valence-corrected chi connectivity index (χ4v) is 3.35. The zero-order chi connectivity index (χ0) is 15.4. The van der Waals surface area contributed by atoms with Crippen LogP contribution in [0.1, 0.15) is 62.5 Å². The first-order valence-electron chi connectivity index (χ1n) is 8.31. The van der Waals surface area contributed by atoms with Crippen molar-refractivity contribution in [2.75, 3.05) is 13.7 Å². The van der Waals surface area contributed by atoms with Gasteiger partial charge in [0.05, 0.1) is 17.8 Å². The Balaban J connectivity index is 2.07. The highest BCUT2D eigenvalue weighted by Crippen LogP contribution is 2.31. The van der Waals surface area contributed by atoms with Gasteiger partial charge in [-0.2, -0.15) is 5.10 Å². The Morgan fingerprint density at radius 1 is 1.33 bits per heavy atom. The molecule has 0 spiro atoms. The number of aromatic nitrogens is 2. The fourth-order valence-electron chi connectivity index (χ4n) is 3.35. The van der Waals surface area contributed by atoms with Crippen molar-refractivity contribution in [1.82, 2.24) is 15.1 Å². The first-order valence-corrected chi connectivity index (χ1v) is 8.31. The molecule has 120 valence electrons. The molecular formula is C17H31N3O. The van der Waals surface area contributed by atoms with Crippen LogP contribution in [0.3, 0.4) is 0 Å². The summed E-state index contributed by atoms with van der Waals surface area (Å²) < 4.78 is 7.81. The van der Waals surface area contributed by atoms with Gasteiger partial charge in [-0.25, -0.2) is 0 Å². The van der Waals surface area contributed by atoms with Gasteiger partial charge < -0.3 is 10.1 Å². The fraction of sp³-hybridized carbons (Fsp3) is 0.824. The Hall–Kier alpha value is -0.870. The van der Waals surface area contributed by atoms with Crippen molar-refractivity contribution in [1.29, 1.82) is 0 Å². The molecule has 1 aliphatic rings. The Kier molecular flexibility index (Phi) is 5.82. The highest BCUT2D eigenvalue weighted by atomic mass is 16.5. The molecule has 21 heavy (non-hydrogen) atoms. The molecule has 0 aliphatic heterocycles. The molecule has 1 fully saturated rings. The lowest BCUT2D eigenvalue weighted by atomic mass is 9.93. The summed E-state index contributed by atoms with van der Waals surface area (Å²) in [4.78, 5) is 0. The monoisotopic (exact) mass is 293 g/mol. The smallest absolute Gasteiger partial charge is 0.0641 e. The van der Waals surface area contributed by atoms with Crippen molar-refractivity contribution in [2.45, 2.75) is 72.1 Å². The number of nitrogens with zero attached hydrogens (tertiary/aromatic N) is 2. The van der Waals surface area contributed by atoms with Crippen LogP contribution in [-0.2, 0) is 11.3 Å². The van der Waals surface area contributed by atoms with E-state index in [4.69, 9.17) is 9.84 Å². The molecule has 1 saturated carbocycles. The molecule has 1 aliphatic carbocycles. The number of rotatable bonds is 6. The summed E-state index contributed by atoms with van der Waals surface area (Å²) in [5.74, 6) is 0.682. The number of hydrogen-bond acceptors (Lipinski definition) is 3. The van der Waals surface area contributed by atoms with E-state index in [2.05, 4.69) is 37.7 Å². The van der Waals surface area contributed by atoms with E-state index in [-0.39, 0.29) is 0 Å². The molecule has 2 rings (SSSR count). The van der Waals surface area contributed by atoms with Gasteiger partial charge in [0.25, 0.3) is 0 Å². The van der Waals surface area contributed by atoms with Crippen LogP contribution in [-0.4, -0.2) is 29.5 Å². The topological polar surface area (TPSA) is 39.1 Å². The van der Waals surface area contributed by atoms with Crippen LogP contribution >= 0.6 is 0 Å². The van der Waals surface area contributed by atoms with Crippen LogP contribution in [0.25, 0.3) is 0 Å². The molecule has 0 bridgehead atoms. The molecule has 0 saturated heterocycles. The molecule has 1 N–H and O–H groups in total. The van der Waals surface area contributed by atoms with Crippen molar-refractivity contribution in [3.05, 3.63) is 17.0 Å². The van der Waals surface area contributed by atoms with E-state index in [1.54, 1.807) is 0 Å². The van der Waals surface area contributed by atoms with E-state index >= 15 is 0 Å². The number of methoxy groups -OCH3 is 1. The maximum absolute atomic E-state index is 5.56. The van der Waals surface area contributed by atoms with Gasteiger partial charge in [-0.3, -0.25) is 4.68 Å². The second kappa shape index (κ2) is 7.41. The SMILES string of the molecule is COC1CCCC(n2nc(C)c(CNCC(C)C)c2C)C1. The third-order valence-electron chi connectivity index (χ3n) is 4.61. The highest BCUT2D eigenvalue weighted by molar-refractivity contribution is 5.25. The lowest BCUT2D eigenvalue weighted by Gasteiger charge is -2.29. The van der Waals surface area contributed by atoms with E-state index in [1.165, 1.54) is 36.2 Å². The maximum atomic E-state index is 5.56. The first-order chi connectivity index (χ1) is 10.0. The third kappa shape index (κ3) is 4.07. The van der Waals surface area contributed by atoms with Crippen LogP contribution in [0.15, 0.2) is 0 Å². The zero-order valence-corrected chi connectivity index (χ0v) is 14.3. The summed E-state index contributed by atoms with van der Waals surface area (Å²) in [6, 6.07) is 0.501. The van der Waals surface area contributed by atoms with Gasteiger partial charge in [-0.1, -0.05) is 13.8 Å². The van der Waals surface area contributed by atoms with Crippen molar-refractivity contribution in [3.63, 3.8) is 0 Å². The molecule has 0 aromatic carbocycles. The number of hydrogen-bond donors (Lipinski definition) is 1. The van der Waals surface area contributed by atoms with Crippen molar-refractivity contribution in [2.24, 2.45) is 5.92 Å². The lowest BCUT2D eigenvalue weighted by molar-refractivity contribution is 0.0503. The summed E-state index contributed by atoms with van der Waals surface area (Å²) in [7, 11) is 1.83. The van der Waals surface area contributed by atoms with Crippen molar-refractivity contribution < 1.29 is 4.74 Å². The molecule has 4 heteroatoms. The van der Waals surface area contributed by atoms with E-state index in [9.17, 15) is 0 Å². The molecule has 2 atom stereocenters. The number of nitrogens with one attached hydrogen (secondary N) is 1. The summed E-state index contributed by atoms with van der Waals surface area (Å²) in [6.07, 6.45) is 5.14. The Labute approximate surface area is 129 Å². The van der Waals surface area contributed by atoms with Crippen LogP contribution in [0, 0.1) is 19.8 Å². The molecule has 0 amide bonds. The average molecular weight is 293 g/mol. The predicted octanol–water partition coefficient (Wildman–Crippen LogP) is 3.38. The van der Waals surface area contributed by atoms with E-state index in [0.29, 0.717) is 18.1 Å². The Morgan fingerprint density at radius 3 is 2.76 bits per heavy atom. The number of ether oxygens (including phenoxy) is 1. The molecule has 1 aromatic rings. The quantitative estimate of drug-likeness (QED) is 0.874. The van der Waals surface area contributed by atoms with Gasteiger partial charge in [-0.05, 0) is 52.0 Å². The van der Waals surface area contributed by atoms with Crippen LogP contribution in [0.4, 0.5) is 0 Å². The lowest BCUT2D eigenvalue weighted by Crippen LogP contribution is -2.25. The second-order valence-electron chi connectivity index (χ2n) is 6.80. The second-order valence-corrected chi connectivity index (χ2v) is 6.80. The maximum Gasteiger partial charge on any atom is 0.0641 e. The third-order valence-corrected chi connectivity index (χ3v) is 4.61. The summed E-state index contributed by atoms with van der Waals surface area (Å²) in [6.45, 7) is 10.8. The van der Waals surface area contributed by atoms with E-state index in [1.807, 2.05) is 7.11 Å². The van der Waals surface area contributed by atoms with Gasteiger partial charge in [0.15, 0.2) is 0 Å². The minimum Gasteiger partial charge on any atom is -0.381 e. The van der Waals surface area contributed by atoms with Gasteiger partial charge in [0, 0.05) is 24.9 Å². The molecule has 1 heterocycles.